The topological polar surface area (TPSA) is 49.3 Å². The van der Waals surface area contributed by atoms with Crippen LogP contribution in [0.15, 0.2) is 24.3 Å². The summed E-state index contributed by atoms with van der Waals surface area (Å²) in [4.78, 5) is 11.7. The second-order valence-electron chi connectivity index (χ2n) is 4.36. The molecule has 0 radical (unpaired) electrons. The van der Waals surface area contributed by atoms with Crippen molar-refractivity contribution < 1.29 is 9.90 Å². The zero-order chi connectivity index (χ0) is 12.2. The average molecular weight is 333 g/mol. The van der Waals surface area contributed by atoms with Gasteiger partial charge in [-0.2, -0.15) is 0 Å². The number of rotatable bonds is 4. The molecule has 1 rings (SSSR count). The minimum absolute atomic E-state index is 0.0649. The van der Waals surface area contributed by atoms with E-state index in [1.807, 2.05) is 24.3 Å². The summed E-state index contributed by atoms with van der Waals surface area (Å²) < 4.78 is 1.08. The summed E-state index contributed by atoms with van der Waals surface area (Å²) in [5, 5.41) is 11.8. The van der Waals surface area contributed by atoms with Gasteiger partial charge in [0, 0.05) is 3.57 Å². The van der Waals surface area contributed by atoms with E-state index in [1.54, 1.807) is 13.8 Å². The normalized spacial score (nSPS) is 11.2. The van der Waals surface area contributed by atoms with Crippen LogP contribution in [0.2, 0.25) is 0 Å². The van der Waals surface area contributed by atoms with Crippen molar-refractivity contribution in [1.29, 1.82) is 0 Å². The molecule has 0 unspecified atom stereocenters. The molecule has 88 valence electrons. The van der Waals surface area contributed by atoms with Gasteiger partial charge in [0.15, 0.2) is 0 Å². The third-order valence-corrected chi connectivity index (χ3v) is 3.23. The van der Waals surface area contributed by atoms with Crippen LogP contribution in [0.25, 0.3) is 0 Å². The molecule has 0 heterocycles. The number of nitrogens with one attached hydrogen (secondary N) is 1. The Bertz CT molecular complexity index is 377. The van der Waals surface area contributed by atoms with Crippen LogP contribution in [-0.4, -0.2) is 23.2 Å². The Morgan fingerprint density at radius 2 is 2.06 bits per heavy atom. The van der Waals surface area contributed by atoms with Gasteiger partial charge in [0.05, 0.1) is 18.6 Å². The Morgan fingerprint density at radius 3 is 2.62 bits per heavy atom. The SMILES string of the molecule is CC(C)(CO)NC(=O)Cc1ccccc1I. The fourth-order valence-corrected chi connectivity index (χ4v) is 1.85. The van der Waals surface area contributed by atoms with Crippen LogP contribution < -0.4 is 5.32 Å². The molecule has 0 saturated heterocycles. The van der Waals surface area contributed by atoms with Gasteiger partial charge in [0.25, 0.3) is 0 Å². The van der Waals surface area contributed by atoms with Crippen LogP contribution in [0.5, 0.6) is 0 Å². The molecule has 0 aliphatic rings. The minimum atomic E-state index is -0.558. The molecular formula is C12H16INO2. The molecule has 0 atom stereocenters. The second-order valence-corrected chi connectivity index (χ2v) is 5.52. The summed E-state index contributed by atoms with van der Waals surface area (Å²) in [5.41, 5.74) is 0.450. The van der Waals surface area contributed by atoms with Crippen LogP contribution >= 0.6 is 22.6 Å². The van der Waals surface area contributed by atoms with Crippen molar-refractivity contribution in [3.8, 4) is 0 Å². The Labute approximate surface area is 109 Å². The highest BCUT2D eigenvalue weighted by atomic mass is 127. The van der Waals surface area contributed by atoms with Crippen molar-refractivity contribution in [3.05, 3.63) is 33.4 Å². The fraction of sp³-hybridized carbons (Fsp3) is 0.417. The molecule has 0 bridgehead atoms. The molecule has 4 heteroatoms. The minimum Gasteiger partial charge on any atom is -0.394 e. The number of carbonyl (C=O) groups is 1. The molecule has 16 heavy (non-hydrogen) atoms. The van der Waals surface area contributed by atoms with Crippen LogP contribution in [0.3, 0.4) is 0 Å². The molecule has 0 spiro atoms. The van der Waals surface area contributed by atoms with Gasteiger partial charge in [0.1, 0.15) is 0 Å². The van der Waals surface area contributed by atoms with Crippen molar-refractivity contribution in [1.82, 2.24) is 5.32 Å². The van der Waals surface area contributed by atoms with E-state index < -0.39 is 5.54 Å². The van der Waals surface area contributed by atoms with Gasteiger partial charge in [-0.3, -0.25) is 4.79 Å². The number of aliphatic hydroxyl groups is 1. The van der Waals surface area contributed by atoms with Crippen molar-refractivity contribution in [2.45, 2.75) is 25.8 Å². The maximum absolute atomic E-state index is 11.7. The molecule has 0 aliphatic heterocycles. The fourth-order valence-electron chi connectivity index (χ4n) is 1.28. The Kier molecular flexibility index (Phi) is 4.73. The summed E-state index contributed by atoms with van der Waals surface area (Å²) in [6.07, 6.45) is 0.350. The molecule has 0 aromatic heterocycles. The van der Waals surface area contributed by atoms with E-state index in [1.165, 1.54) is 0 Å². The number of aliphatic hydroxyl groups excluding tert-OH is 1. The summed E-state index contributed by atoms with van der Waals surface area (Å²) in [6.45, 7) is 3.52. The highest BCUT2D eigenvalue weighted by molar-refractivity contribution is 14.1. The van der Waals surface area contributed by atoms with E-state index in [0.717, 1.165) is 9.13 Å². The molecule has 0 fully saturated rings. The first-order valence-electron chi connectivity index (χ1n) is 5.10. The van der Waals surface area contributed by atoms with Crippen LogP contribution in [-0.2, 0) is 11.2 Å². The van der Waals surface area contributed by atoms with E-state index in [0.29, 0.717) is 6.42 Å². The first-order chi connectivity index (χ1) is 7.44. The second kappa shape index (κ2) is 5.63. The first kappa shape index (κ1) is 13.4. The molecule has 0 saturated carbocycles. The van der Waals surface area contributed by atoms with Gasteiger partial charge in [-0.05, 0) is 48.1 Å². The predicted octanol–water partition coefficient (Wildman–Crippen LogP) is 1.72. The molecule has 0 aliphatic carbocycles. The standard InChI is InChI=1S/C12H16INO2/c1-12(2,8-15)14-11(16)7-9-5-3-4-6-10(9)13/h3-6,15H,7-8H2,1-2H3,(H,14,16). The lowest BCUT2D eigenvalue weighted by Crippen LogP contribution is -2.46. The van der Waals surface area contributed by atoms with Crippen molar-refractivity contribution in [3.63, 3.8) is 0 Å². The van der Waals surface area contributed by atoms with Gasteiger partial charge in [0.2, 0.25) is 5.91 Å². The average Bonchev–Trinajstić information content (AvgIpc) is 2.21. The van der Waals surface area contributed by atoms with Crippen molar-refractivity contribution >= 4 is 28.5 Å². The van der Waals surface area contributed by atoms with E-state index in [4.69, 9.17) is 5.11 Å². The first-order valence-corrected chi connectivity index (χ1v) is 6.18. The summed E-state index contributed by atoms with van der Waals surface area (Å²) in [7, 11) is 0. The molecule has 2 N–H and O–H groups in total. The maximum Gasteiger partial charge on any atom is 0.224 e. The number of halogens is 1. The Balaban J connectivity index is 2.62. The number of amides is 1. The van der Waals surface area contributed by atoms with E-state index >= 15 is 0 Å². The Morgan fingerprint density at radius 1 is 1.44 bits per heavy atom. The highest BCUT2D eigenvalue weighted by Gasteiger charge is 2.19. The lowest BCUT2D eigenvalue weighted by atomic mass is 10.1. The summed E-state index contributed by atoms with van der Waals surface area (Å²) in [6, 6.07) is 7.77. The van der Waals surface area contributed by atoms with Gasteiger partial charge in [-0.25, -0.2) is 0 Å². The monoisotopic (exact) mass is 333 g/mol. The number of hydrogen-bond acceptors (Lipinski definition) is 2. The zero-order valence-electron chi connectivity index (χ0n) is 9.46. The molecule has 1 aromatic carbocycles. The number of benzene rings is 1. The van der Waals surface area contributed by atoms with E-state index in [2.05, 4.69) is 27.9 Å². The summed E-state index contributed by atoms with van der Waals surface area (Å²) >= 11 is 2.21. The van der Waals surface area contributed by atoms with Gasteiger partial charge in [-0.15, -0.1) is 0 Å². The molecular weight excluding hydrogens is 317 g/mol. The van der Waals surface area contributed by atoms with Gasteiger partial charge >= 0.3 is 0 Å². The molecule has 3 nitrogen and oxygen atoms in total. The third-order valence-electron chi connectivity index (χ3n) is 2.18. The number of hydrogen-bond donors (Lipinski definition) is 2. The quantitative estimate of drug-likeness (QED) is 0.825. The predicted molar refractivity (Wildman–Crippen MR) is 72.2 cm³/mol. The van der Waals surface area contributed by atoms with Gasteiger partial charge in [-0.1, -0.05) is 18.2 Å². The maximum atomic E-state index is 11.7. The lowest BCUT2D eigenvalue weighted by Gasteiger charge is -2.23. The molecule has 1 amide bonds. The van der Waals surface area contributed by atoms with E-state index in [9.17, 15) is 4.79 Å². The van der Waals surface area contributed by atoms with Crippen LogP contribution in [0, 0.1) is 3.57 Å². The van der Waals surface area contributed by atoms with Crippen molar-refractivity contribution in [2.75, 3.05) is 6.61 Å². The zero-order valence-corrected chi connectivity index (χ0v) is 11.6. The number of carbonyl (C=O) groups excluding carboxylic acids is 1. The molecule has 1 aromatic rings. The Hall–Kier alpha value is -0.620. The largest absolute Gasteiger partial charge is 0.394 e. The lowest BCUT2D eigenvalue weighted by molar-refractivity contribution is -0.122. The van der Waals surface area contributed by atoms with Crippen LogP contribution in [0.4, 0.5) is 0 Å². The summed E-state index contributed by atoms with van der Waals surface area (Å²) in [5.74, 6) is -0.0665. The highest BCUT2D eigenvalue weighted by Crippen LogP contribution is 2.12. The smallest absolute Gasteiger partial charge is 0.224 e. The van der Waals surface area contributed by atoms with Crippen molar-refractivity contribution in [2.24, 2.45) is 0 Å². The van der Waals surface area contributed by atoms with E-state index in [-0.39, 0.29) is 12.5 Å². The van der Waals surface area contributed by atoms with Gasteiger partial charge < -0.3 is 10.4 Å². The van der Waals surface area contributed by atoms with Crippen LogP contribution in [0.1, 0.15) is 19.4 Å². The third kappa shape index (κ3) is 4.09.